The van der Waals surface area contributed by atoms with Gasteiger partial charge in [0.15, 0.2) is 69.5 Å². The summed E-state index contributed by atoms with van der Waals surface area (Å²) in [4.78, 5) is 24.6. The van der Waals surface area contributed by atoms with Gasteiger partial charge < -0.3 is 0 Å². The fraction of sp³-hybridized carbons (Fsp3) is 0.273. The van der Waals surface area contributed by atoms with Gasteiger partial charge in [-0.15, -0.1) is 0 Å². The smallest absolute Gasteiger partial charge is 0.197 e. The Morgan fingerprint density at radius 2 is 0.813 bits per heavy atom. The summed E-state index contributed by atoms with van der Waals surface area (Å²) in [5.41, 5.74) is 8.68. The van der Waals surface area contributed by atoms with Crippen LogP contribution in [-0.2, 0) is 32.7 Å². The molecule has 20 nitrogen and oxygen atoms in total. The van der Waals surface area contributed by atoms with E-state index < -0.39 is 0 Å². The Balaban J connectivity index is 0.000000152. The maximum atomic E-state index is 4.31. The second-order valence-electron chi connectivity index (χ2n) is 16.4. The van der Waals surface area contributed by atoms with Crippen molar-refractivity contribution in [3.8, 4) is 56.3 Å². The second kappa shape index (κ2) is 32.0. The molecule has 0 saturated carbocycles. The molecular weight excluding hydrogens is 941 g/mol. The SMILES string of the molecule is CCC[n+]1ccc(-c2cccnn2)cn1.CCC[n+]1ccc(-c2ccncn2)cn1.CCC[n+]1ccc(-c2ccnnc2)cn1.CCC[n+]1ccc(-c2cnccn2)cn1.CCC[n+]1ccc(-c2ncccn2)cn1. The van der Waals surface area contributed by atoms with Crippen molar-refractivity contribution in [3.63, 3.8) is 0 Å². The second-order valence-corrected chi connectivity index (χ2v) is 16.4. The lowest BCUT2D eigenvalue weighted by molar-refractivity contribution is -0.753. The molecule has 0 bridgehead atoms. The lowest BCUT2D eigenvalue weighted by Crippen LogP contribution is -2.36. The molecule has 20 heteroatoms. The van der Waals surface area contributed by atoms with Crippen LogP contribution < -0.4 is 23.4 Å². The third kappa shape index (κ3) is 19.1. The summed E-state index contributed by atoms with van der Waals surface area (Å²) in [6.45, 7) is 15.4. The van der Waals surface area contributed by atoms with E-state index >= 15 is 0 Å². The van der Waals surface area contributed by atoms with E-state index in [0.717, 1.165) is 115 Å². The van der Waals surface area contributed by atoms with Gasteiger partial charge in [0, 0.05) is 133 Å². The molecule has 10 rings (SSSR count). The summed E-state index contributed by atoms with van der Waals surface area (Å²) in [5, 5.41) is 36.9. The van der Waals surface area contributed by atoms with Gasteiger partial charge in [-0.2, -0.15) is 20.4 Å². The van der Waals surface area contributed by atoms with E-state index in [4.69, 9.17) is 0 Å². The molecule has 75 heavy (non-hydrogen) atoms. The van der Waals surface area contributed by atoms with Crippen LogP contribution in [0.15, 0.2) is 185 Å². The zero-order valence-corrected chi connectivity index (χ0v) is 43.3. The zero-order valence-electron chi connectivity index (χ0n) is 43.3. The minimum Gasteiger partial charge on any atom is -0.261 e. The average molecular weight is 1010 g/mol. The highest BCUT2D eigenvalue weighted by Crippen LogP contribution is 2.15. The Bertz CT molecular complexity index is 2550. The summed E-state index contributed by atoms with van der Waals surface area (Å²) in [5.74, 6) is 0.716. The maximum absolute atomic E-state index is 4.31. The van der Waals surface area contributed by atoms with Crippen LogP contribution in [0.2, 0.25) is 0 Å². The summed E-state index contributed by atoms with van der Waals surface area (Å²) in [6.07, 6.45) is 41.3. The first-order valence-electron chi connectivity index (χ1n) is 25.1. The minimum absolute atomic E-state index is 0.716. The highest BCUT2D eigenvalue weighted by Gasteiger charge is 2.08. The van der Waals surface area contributed by atoms with Crippen molar-refractivity contribution in [2.24, 2.45) is 0 Å². The molecule has 0 amide bonds. The normalized spacial score (nSPS) is 10.2. The average Bonchev–Trinajstić information content (AvgIpc) is 3.48. The summed E-state index contributed by atoms with van der Waals surface area (Å²) >= 11 is 0. The van der Waals surface area contributed by atoms with Crippen molar-refractivity contribution in [1.29, 1.82) is 0 Å². The van der Waals surface area contributed by atoms with Crippen LogP contribution in [-0.4, -0.2) is 75.8 Å². The molecule has 0 aliphatic carbocycles. The van der Waals surface area contributed by atoms with E-state index in [9.17, 15) is 0 Å². The van der Waals surface area contributed by atoms with Crippen molar-refractivity contribution in [3.05, 3.63) is 185 Å². The summed E-state index contributed by atoms with van der Waals surface area (Å²) in [7, 11) is 0. The Hall–Kier alpha value is -9.20. The van der Waals surface area contributed by atoms with Gasteiger partial charge in [-0.05, 0) is 55.8 Å². The van der Waals surface area contributed by atoms with Crippen LogP contribution >= 0.6 is 0 Å². The van der Waals surface area contributed by atoms with Crippen LogP contribution in [0.3, 0.4) is 0 Å². The van der Waals surface area contributed by atoms with Crippen LogP contribution in [0.25, 0.3) is 56.3 Å². The fourth-order valence-electron chi connectivity index (χ4n) is 6.76. The number of aryl methyl sites for hydroxylation is 5. The molecule has 10 aromatic rings. The Kier molecular flexibility index (Phi) is 23.5. The third-order valence-electron chi connectivity index (χ3n) is 10.5. The van der Waals surface area contributed by atoms with Gasteiger partial charge in [0.2, 0.25) is 0 Å². The Morgan fingerprint density at radius 1 is 0.320 bits per heavy atom. The molecule has 380 valence electrons. The lowest BCUT2D eigenvalue weighted by Gasteiger charge is -1.97. The monoisotopic (exact) mass is 1010 g/mol. The van der Waals surface area contributed by atoms with Crippen LogP contribution in [0, 0.1) is 0 Å². The predicted octanol–water partition coefficient (Wildman–Crippen LogP) is 6.18. The standard InChI is InChI=1S/5C11H13N4/c1-2-6-15-7-3-10(8-14-15)11-9-12-4-5-13-11;1-2-7-15-8-4-10(9-14-15)11-12-5-3-6-13-11;1-2-6-15-7-4-10(8-14-15)11-3-5-12-9-13-11;1-2-6-15-7-4-11(9-14-15)10-3-5-12-13-8-10;1-2-7-15-8-5-10(9-13-15)11-4-3-6-12-14-11/h3-5,7-9H,2,6H2,1H3;3-6,8-9H,2,7H2,1H3;2*3-5,7-9H,2,6H2,1H3;3-6,8-9H,2,7H2,1H3/q5*+1. The molecule has 0 aliphatic heterocycles. The molecule has 10 heterocycles. The molecule has 0 N–H and O–H groups in total. The summed E-state index contributed by atoms with van der Waals surface area (Å²) in [6, 6.07) is 19.5. The molecule has 0 saturated heterocycles. The number of nitrogens with zero attached hydrogens (tertiary/aromatic N) is 20. The first-order valence-corrected chi connectivity index (χ1v) is 25.1. The van der Waals surface area contributed by atoms with E-state index in [2.05, 4.69) is 110 Å². The van der Waals surface area contributed by atoms with Gasteiger partial charge in [0.25, 0.3) is 0 Å². The topological polar surface area (TPSA) is 213 Å². The van der Waals surface area contributed by atoms with E-state index in [-0.39, 0.29) is 0 Å². The largest absolute Gasteiger partial charge is 0.261 e. The third-order valence-corrected chi connectivity index (χ3v) is 10.5. The van der Waals surface area contributed by atoms with Crippen molar-refractivity contribution in [2.45, 2.75) is 99.4 Å². The van der Waals surface area contributed by atoms with Gasteiger partial charge in [0.05, 0.1) is 35.7 Å². The molecule has 0 radical (unpaired) electrons. The Labute approximate surface area is 438 Å². The molecular formula is C55H65N20+5. The molecule has 0 aromatic carbocycles. The quantitative estimate of drug-likeness (QED) is 0.105. The predicted molar refractivity (Wildman–Crippen MR) is 279 cm³/mol. The molecule has 0 spiro atoms. The van der Waals surface area contributed by atoms with E-state index in [1.165, 1.54) is 0 Å². The van der Waals surface area contributed by atoms with Crippen molar-refractivity contribution < 1.29 is 23.4 Å². The van der Waals surface area contributed by atoms with Gasteiger partial charge in [-0.1, -0.05) is 58.0 Å². The lowest BCUT2D eigenvalue weighted by atomic mass is 10.1. The zero-order chi connectivity index (χ0) is 52.6. The van der Waals surface area contributed by atoms with Crippen molar-refractivity contribution in [2.75, 3.05) is 0 Å². The van der Waals surface area contributed by atoms with Crippen molar-refractivity contribution >= 4 is 0 Å². The first-order chi connectivity index (χ1) is 37.0. The van der Waals surface area contributed by atoms with Crippen LogP contribution in [0.4, 0.5) is 0 Å². The van der Waals surface area contributed by atoms with Gasteiger partial charge >= 0.3 is 0 Å². The molecule has 10 aromatic heterocycles. The number of hydrogen-bond acceptors (Lipinski definition) is 15. The first kappa shape index (κ1) is 55.1. The highest BCUT2D eigenvalue weighted by atomic mass is 15.3. The van der Waals surface area contributed by atoms with E-state index in [0.29, 0.717) is 5.82 Å². The van der Waals surface area contributed by atoms with E-state index in [1.54, 1.807) is 74.4 Å². The van der Waals surface area contributed by atoms with Gasteiger partial charge in [-0.25, -0.2) is 19.9 Å². The number of rotatable bonds is 15. The maximum Gasteiger partial charge on any atom is 0.197 e. The molecule has 0 aliphatic rings. The van der Waals surface area contributed by atoms with E-state index in [1.807, 2.05) is 134 Å². The highest BCUT2D eigenvalue weighted by molar-refractivity contribution is 5.60. The Morgan fingerprint density at radius 3 is 1.23 bits per heavy atom. The summed E-state index contributed by atoms with van der Waals surface area (Å²) < 4.78 is 9.59. The van der Waals surface area contributed by atoms with Crippen LogP contribution in [0.1, 0.15) is 66.7 Å². The van der Waals surface area contributed by atoms with Gasteiger partial charge in [-0.3, -0.25) is 9.97 Å². The fourth-order valence-corrected chi connectivity index (χ4v) is 6.76. The number of hydrogen-bond donors (Lipinski definition) is 0. The van der Waals surface area contributed by atoms with Crippen LogP contribution in [0.5, 0.6) is 0 Å². The molecule has 0 atom stereocenters. The molecule has 0 fully saturated rings. The molecule has 0 unspecified atom stereocenters. The van der Waals surface area contributed by atoms with Crippen molar-refractivity contribution in [1.82, 2.24) is 75.8 Å². The minimum atomic E-state index is 0.716. The number of aromatic nitrogens is 20. The van der Waals surface area contributed by atoms with Gasteiger partial charge in [0.1, 0.15) is 37.3 Å².